The molecule has 1 saturated carbocycles. The molecule has 0 aromatic heterocycles. The molecule has 1 aliphatic carbocycles. The quantitative estimate of drug-likeness (QED) is 0.482. The molecule has 1 heterocycles. The van der Waals surface area contributed by atoms with E-state index >= 15 is 0 Å². The van der Waals surface area contributed by atoms with Crippen molar-refractivity contribution in [2.24, 2.45) is 11.8 Å². The van der Waals surface area contributed by atoms with E-state index in [0.717, 1.165) is 25.9 Å². The predicted octanol–water partition coefficient (Wildman–Crippen LogP) is 4.70. The van der Waals surface area contributed by atoms with Crippen LogP contribution in [-0.2, 0) is 18.7 Å². The number of ketones is 1. The van der Waals surface area contributed by atoms with E-state index in [9.17, 15) is 4.79 Å². The Bertz CT molecular complexity index is 463. The molecular weight excluding hydrogens is 332 g/mol. The van der Waals surface area contributed by atoms with E-state index in [1.165, 1.54) is 0 Å². The highest BCUT2D eigenvalue weighted by Gasteiger charge is 2.46. The average molecular weight is 369 g/mol. The average Bonchev–Trinajstić information content (AvgIpc) is 2.81. The van der Waals surface area contributed by atoms with Crippen LogP contribution < -0.4 is 0 Å². The van der Waals surface area contributed by atoms with E-state index in [1.807, 2.05) is 6.08 Å². The van der Waals surface area contributed by atoms with Gasteiger partial charge < -0.3 is 13.9 Å². The van der Waals surface area contributed by atoms with Gasteiger partial charge >= 0.3 is 0 Å². The molecular formula is C20H36O4Si. The van der Waals surface area contributed by atoms with Gasteiger partial charge in [0.15, 0.2) is 14.6 Å². The maximum atomic E-state index is 12.5. The van der Waals surface area contributed by atoms with Crippen molar-refractivity contribution in [3.05, 3.63) is 12.7 Å². The van der Waals surface area contributed by atoms with E-state index in [1.54, 1.807) is 0 Å². The Morgan fingerprint density at radius 2 is 2.04 bits per heavy atom. The molecule has 4 atom stereocenters. The molecule has 1 unspecified atom stereocenters. The lowest BCUT2D eigenvalue weighted by atomic mass is 9.92. The van der Waals surface area contributed by atoms with E-state index in [4.69, 9.17) is 13.9 Å². The molecule has 0 bridgehead atoms. The third-order valence-electron chi connectivity index (χ3n) is 6.14. The maximum absolute atomic E-state index is 12.5. The van der Waals surface area contributed by atoms with Crippen molar-refractivity contribution in [3.63, 3.8) is 0 Å². The fraction of sp³-hybridized carbons (Fsp3) is 0.850. The number of rotatable bonds is 7. The van der Waals surface area contributed by atoms with Gasteiger partial charge in [-0.1, -0.05) is 26.8 Å². The Balaban J connectivity index is 2.06. The molecule has 2 fully saturated rings. The summed E-state index contributed by atoms with van der Waals surface area (Å²) in [7, 11) is -1.85. The molecule has 1 saturated heterocycles. The number of ether oxygens (including phenoxy) is 2. The summed E-state index contributed by atoms with van der Waals surface area (Å²) in [5.74, 6) is 0.352. The number of hydrogen-bond donors (Lipinski definition) is 0. The molecule has 144 valence electrons. The number of carbonyl (C=O) groups is 1. The Kier molecular flexibility index (Phi) is 7.05. The summed E-state index contributed by atoms with van der Waals surface area (Å²) in [5.41, 5.74) is 0. The van der Waals surface area contributed by atoms with Crippen LogP contribution in [0.5, 0.6) is 0 Å². The van der Waals surface area contributed by atoms with Gasteiger partial charge in [0.1, 0.15) is 5.78 Å². The largest absolute Gasteiger partial charge is 0.416 e. The van der Waals surface area contributed by atoms with Crippen LogP contribution in [-0.4, -0.2) is 39.7 Å². The van der Waals surface area contributed by atoms with Crippen molar-refractivity contribution in [1.82, 2.24) is 0 Å². The molecule has 5 heteroatoms. The van der Waals surface area contributed by atoms with Gasteiger partial charge in [-0.3, -0.25) is 4.79 Å². The predicted molar refractivity (Wildman–Crippen MR) is 103 cm³/mol. The van der Waals surface area contributed by atoms with Crippen LogP contribution in [0.3, 0.4) is 0 Å². The standard InChI is InChI=1S/C20H36O4Si/c1-7-10-15-16(14-23-25(5,6)20(2,3)4)18(13-17(15)21)24-19-11-8-9-12-22-19/h7,15-16,18-19H,1,8-14H2,2-6H3/t15-,16-,18-,19?/m0/s1. The highest BCUT2D eigenvalue weighted by molar-refractivity contribution is 6.74. The highest BCUT2D eigenvalue weighted by atomic mass is 28.4. The van der Waals surface area contributed by atoms with Gasteiger partial charge in [0.05, 0.1) is 6.10 Å². The molecule has 0 N–H and O–H groups in total. The minimum atomic E-state index is -1.85. The molecule has 0 spiro atoms. The van der Waals surface area contributed by atoms with Crippen LogP contribution in [0.1, 0.15) is 52.9 Å². The zero-order chi connectivity index (χ0) is 18.7. The minimum absolute atomic E-state index is 0.0316. The first-order valence-corrected chi connectivity index (χ1v) is 12.6. The number of Topliss-reactive ketones (excluding diaryl/α,β-unsaturated/α-hetero) is 1. The molecule has 0 radical (unpaired) electrons. The molecule has 1 aliphatic heterocycles. The number of carbonyl (C=O) groups excluding carboxylic acids is 1. The summed E-state index contributed by atoms with van der Waals surface area (Å²) < 4.78 is 18.4. The second kappa shape index (κ2) is 8.46. The number of hydrogen-bond acceptors (Lipinski definition) is 4. The topological polar surface area (TPSA) is 44.8 Å². The van der Waals surface area contributed by atoms with Gasteiger partial charge in [-0.15, -0.1) is 6.58 Å². The van der Waals surface area contributed by atoms with Crippen LogP contribution in [0.25, 0.3) is 0 Å². The third-order valence-corrected chi connectivity index (χ3v) is 10.6. The van der Waals surface area contributed by atoms with Crippen LogP contribution in [0.2, 0.25) is 18.1 Å². The zero-order valence-electron chi connectivity index (χ0n) is 16.7. The Hall–Kier alpha value is -0.493. The van der Waals surface area contributed by atoms with Gasteiger partial charge in [0, 0.05) is 31.5 Å². The van der Waals surface area contributed by atoms with Gasteiger partial charge in [-0.2, -0.15) is 0 Å². The molecule has 25 heavy (non-hydrogen) atoms. The Labute approximate surface area is 154 Å². The van der Waals surface area contributed by atoms with E-state index in [-0.39, 0.29) is 35.1 Å². The number of allylic oxidation sites excluding steroid dienone is 1. The summed E-state index contributed by atoms with van der Waals surface area (Å²) in [4.78, 5) is 12.5. The summed E-state index contributed by atoms with van der Waals surface area (Å²) in [6.07, 6.45) is 5.93. The van der Waals surface area contributed by atoms with Gasteiger partial charge in [-0.25, -0.2) is 0 Å². The Morgan fingerprint density at radius 1 is 1.32 bits per heavy atom. The first-order valence-electron chi connectivity index (χ1n) is 9.70. The first-order chi connectivity index (χ1) is 11.7. The van der Waals surface area contributed by atoms with Gasteiger partial charge in [-0.05, 0) is 43.8 Å². The van der Waals surface area contributed by atoms with Gasteiger partial charge in [0.25, 0.3) is 0 Å². The third kappa shape index (κ3) is 5.25. The molecule has 0 aromatic carbocycles. The normalized spacial score (nSPS) is 31.3. The molecule has 2 aliphatic rings. The highest BCUT2D eigenvalue weighted by Crippen LogP contribution is 2.40. The van der Waals surface area contributed by atoms with Crippen molar-refractivity contribution in [2.75, 3.05) is 13.2 Å². The van der Waals surface area contributed by atoms with Crippen LogP contribution in [0.4, 0.5) is 0 Å². The molecule has 4 nitrogen and oxygen atoms in total. The van der Waals surface area contributed by atoms with Crippen molar-refractivity contribution in [1.29, 1.82) is 0 Å². The van der Waals surface area contributed by atoms with Gasteiger partial charge in [0.2, 0.25) is 0 Å². The second-order valence-corrected chi connectivity index (χ2v) is 13.8. The first kappa shape index (κ1) is 20.8. The maximum Gasteiger partial charge on any atom is 0.191 e. The lowest BCUT2D eigenvalue weighted by Gasteiger charge is -2.38. The second-order valence-electron chi connectivity index (χ2n) is 9.01. The van der Waals surface area contributed by atoms with Crippen molar-refractivity contribution < 1.29 is 18.7 Å². The Morgan fingerprint density at radius 3 is 2.60 bits per heavy atom. The van der Waals surface area contributed by atoms with Crippen molar-refractivity contribution in [3.8, 4) is 0 Å². The molecule has 0 amide bonds. The summed E-state index contributed by atoms with van der Waals surface area (Å²) >= 11 is 0. The molecule has 0 aromatic rings. The van der Waals surface area contributed by atoms with E-state index in [2.05, 4.69) is 40.4 Å². The fourth-order valence-electron chi connectivity index (χ4n) is 3.39. The molecule has 2 rings (SSSR count). The van der Waals surface area contributed by atoms with Crippen LogP contribution in [0, 0.1) is 11.8 Å². The van der Waals surface area contributed by atoms with Crippen LogP contribution in [0.15, 0.2) is 12.7 Å². The SMILES string of the molecule is C=CC[C@@H]1C(=O)C[C@H](OC2CCCCO2)[C@H]1CO[Si](C)(C)C(C)(C)C. The smallest absolute Gasteiger partial charge is 0.191 e. The van der Waals surface area contributed by atoms with E-state index < -0.39 is 8.32 Å². The monoisotopic (exact) mass is 368 g/mol. The summed E-state index contributed by atoms with van der Waals surface area (Å²) in [6, 6.07) is 0. The lowest BCUT2D eigenvalue weighted by Crippen LogP contribution is -2.44. The summed E-state index contributed by atoms with van der Waals surface area (Å²) in [5, 5.41) is 0.159. The summed E-state index contributed by atoms with van der Waals surface area (Å²) in [6.45, 7) is 16.4. The zero-order valence-corrected chi connectivity index (χ0v) is 17.7. The fourth-order valence-corrected chi connectivity index (χ4v) is 4.43. The van der Waals surface area contributed by atoms with Crippen molar-refractivity contribution >= 4 is 14.1 Å². The van der Waals surface area contributed by atoms with E-state index in [0.29, 0.717) is 19.4 Å². The van der Waals surface area contributed by atoms with Crippen molar-refractivity contribution in [2.45, 2.75) is 83.4 Å². The van der Waals surface area contributed by atoms with Crippen LogP contribution >= 0.6 is 0 Å². The lowest BCUT2D eigenvalue weighted by molar-refractivity contribution is -0.197. The minimum Gasteiger partial charge on any atom is -0.416 e.